The van der Waals surface area contributed by atoms with E-state index in [0.29, 0.717) is 91.4 Å². The van der Waals surface area contributed by atoms with Crippen LogP contribution in [0.15, 0.2) is 36.5 Å². The molecule has 1 aliphatic heterocycles. The molecule has 0 radical (unpaired) electrons. The van der Waals surface area contributed by atoms with Crippen LogP contribution in [0.2, 0.25) is 0 Å². The Morgan fingerprint density at radius 1 is 1.05 bits per heavy atom. The number of hydrogen-bond acceptors (Lipinski definition) is 5. The molecule has 0 unspecified atom stereocenters. The predicted octanol–water partition coefficient (Wildman–Crippen LogP) is 5.70. The molecule has 0 bridgehead atoms. The smallest absolute Gasteiger partial charge is 0.194 e. The van der Waals surface area contributed by atoms with Crippen molar-refractivity contribution in [2.75, 3.05) is 20.2 Å². The van der Waals surface area contributed by atoms with Gasteiger partial charge in [0, 0.05) is 17.1 Å². The Morgan fingerprint density at radius 2 is 1.76 bits per heavy atom. The summed E-state index contributed by atoms with van der Waals surface area (Å²) < 4.78 is 59.6. The van der Waals surface area contributed by atoms with Gasteiger partial charge < -0.3 is 20.3 Å². The van der Waals surface area contributed by atoms with Crippen LogP contribution < -0.4 is 10.1 Å². The molecule has 4 rings (SSSR count). The molecule has 3 aromatic rings. The number of halogens is 4. The number of methoxy groups -OCH3 is 1. The van der Waals surface area contributed by atoms with Gasteiger partial charge in [0.05, 0.1) is 24.8 Å². The van der Waals surface area contributed by atoms with Gasteiger partial charge in [-0.3, -0.25) is 4.98 Å². The second-order valence-corrected chi connectivity index (χ2v) is 10.2. The van der Waals surface area contributed by atoms with Crippen molar-refractivity contribution >= 4 is 10.9 Å². The lowest BCUT2D eigenvalue weighted by molar-refractivity contribution is -0.0209. The summed E-state index contributed by atoms with van der Waals surface area (Å²) >= 11 is 0. The highest BCUT2D eigenvalue weighted by Gasteiger charge is 2.39. The summed E-state index contributed by atoms with van der Waals surface area (Å²) in [5.74, 6) is -3.36. The molecule has 9 heteroatoms. The number of aryl methyl sites for hydroxylation is 1. The molecule has 3 N–H and O–H groups in total. The molecule has 1 aromatic heterocycles. The molecule has 0 spiro atoms. The van der Waals surface area contributed by atoms with Crippen molar-refractivity contribution in [1.82, 2.24) is 10.3 Å². The maximum absolute atomic E-state index is 13.9. The molecular weight excluding hydrogens is 500 g/mol. The zero-order valence-corrected chi connectivity index (χ0v) is 21.5. The molecular formula is C29H34F4N2O3. The highest BCUT2D eigenvalue weighted by atomic mass is 19.2. The van der Waals surface area contributed by atoms with Crippen molar-refractivity contribution in [2.45, 2.75) is 63.8 Å². The van der Waals surface area contributed by atoms with Gasteiger partial charge in [-0.15, -0.1) is 0 Å². The lowest BCUT2D eigenvalue weighted by Crippen LogP contribution is -2.44. The lowest BCUT2D eigenvalue weighted by atomic mass is 9.69. The second-order valence-electron chi connectivity index (χ2n) is 10.2. The van der Waals surface area contributed by atoms with Crippen molar-refractivity contribution in [1.29, 1.82) is 0 Å². The van der Waals surface area contributed by atoms with Crippen LogP contribution in [0.1, 0.15) is 61.3 Å². The van der Waals surface area contributed by atoms with Gasteiger partial charge in [0.25, 0.3) is 0 Å². The molecule has 5 nitrogen and oxygen atoms in total. The number of aliphatic hydroxyl groups is 2. The van der Waals surface area contributed by atoms with Crippen LogP contribution in [0.5, 0.6) is 5.75 Å². The molecule has 1 aliphatic rings. The number of ether oxygens (including phenoxy) is 1. The van der Waals surface area contributed by atoms with E-state index in [1.807, 2.05) is 0 Å². The van der Waals surface area contributed by atoms with Gasteiger partial charge in [-0.2, -0.15) is 0 Å². The maximum Gasteiger partial charge on any atom is 0.194 e. The van der Waals surface area contributed by atoms with Crippen LogP contribution >= 0.6 is 0 Å². The average Bonchev–Trinajstić information content (AvgIpc) is 2.93. The van der Waals surface area contributed by atoms with Gasteiger partial charge >= 0.3 is 0 Å². The molecule has 2 aromatic carbocycles. The standard InChI is InChI=1S/C29H34F4N2O3/c1-38-20-5-6-24-21(15-20)27(19(16-30)17-35-24)25(36)7-8-29(9-11-34-12-10-29)26(37)4-2-3-18-13-22(31)28(33)23(32)14-18/h5-6,13-15,17,25-26,34,36-37H,2-4,7-12,16H2,1H3/t25-,26+/m1/s1. The molecule has 206 valence electrons. The fourth-order valence-electron chi connectivity index (χ4n) is 5.66. The summed E-state index contributed by atoms with van der Waals surface area (Å²) in [6.45, 7) is 0.661. The zero-order valence-electron chi connectivity index (χ0n) is 21.5. The number of piperidine rings is 1. The number of pyridine rings is 1. The zero-order chi connectivity index (χ0) is 27.3. The second kappa shape index (κ2) is 12.4. The van der Waals surface area contributed by atoms with E-state index in [1.54, 1.807) is 18.2 Å². The summed E-state index contributed by atoms with van der Waals surface area (Å²) in [4.78, 5) is 4.31. The highest BCUT2D eigenvalue weighted by molar-refractivity contribution is 5.85. The number of hydrogen-bond donors (Lipinski definition) is 3. The number of alkyl halides is 1. The Hall–Kier alpha value is -2.75. The first-order valence-electron chi connectivity index (χ1n) is 13.0. The third kappa shape index (κ3) is 6.11. The van der Waals surface area contributed by atoms with Gasteiger partial charge in [-0.25, -0.2) is 17.6 Å². The first-order chi connectivity index (χ1) is 18.3. The molecule has 2 atom stereocenters. The topological polar surface area (TPSA) is 74.6 Å². The molecule has 0 aliphatic carbocycles. The molecule has 2 heterocycles. The van der Waals surface area contributed by atoms with Gasteiger partial charge in [0.2, 0.25) is 0 Å². The van der Waals surface area contributed by atoms with E-state index in [2.05, 4.69) is 10.3 Å². The van der Waals surface area contributed by atoms with Crippen LogP contribution in [-0.2, 0) is 13.1 Å². The lowest BCUT2D eigenvalue weighted by Gasteiger charge is -2.42. The van der Waals surface area contributed by atoms with Crippen LogP contribution in [0.4, 0.5) is 17.6 Å². The highest BCUT2D eigenvalue weighted by Crippen LogP contribution is 2.42. The van der Waals surface area contributed by atoms with E-state index >= 15 is 0 Å². The minimum atomic E-state index is -1.49. The number of nitrogens with zero attached hydrogens (tertiary/aromatic N) is 1. The normalized spacial score (nSPS) is 16.9. The molecule has 38 heavy (non-hydrogen) atoms. The number of nitrogens with one attached hydrogen (secondary N) is 1. The Labute approximate surface area is 219 Å². The molecule has 1 saturated heterocycles. The number of aliphatic hydroxyl groups excluding tert-OH is 2. The Balaban J connectivity index is 1.48. The number of rotatable bonds is 11. The Morgan fingerprint density at radius 3 is 2.42 bits per heavy atom. The average molecular weight is 535 g/mol. The van der Waals surface area contributed by atoms with E-state index in [9.17, 15) is 27.8 Å². The third-order valence-corrected chi connectivity index (χ3v) is 7.88. The fourth-order valence-corrected chi connectivity index (χ4v) is 5.66. The fraction of sp³-hybridized carbons (Fsp3) is 0.483. The van der Waals surface area contributed by atoms with E-state index in [4.69, 9.17) is 4.74 Å². The number of aromatic nitrogens is 1. The van der Waals surface area contributed by atoms with Crippen molar-refractivity contribution in [3.05, 3.63) is 70.7 Å². The van der Waals surface area contributed by atoms with Crippen molar-refractivity contribution in [3.8, 4) is 5.75 Å². The van der Waals surface area contributed by atoms with E-state index in [-0.39, 0.29) is 0 Å². The minimum absolute atomic E-state index is 0.298. The van der Waals surface area contributed by atoms with Crippen LogP contribution in [0.3, 0.4) is 0 Å². The maximum atomic E-state index is 13.9. The monoisotopic (exact) mass is 534 g/mol. The van der Waals surface area contributed by atoms with Gasteiger partial charge in [0.15, 0.2) is 17.5 Å². The predicted molar refractivity (Wildman–Crippen MR) is 137 cm³/mol. The summed E-state index contributed by atoms with van der Waals surface area (Å²) in [6, 6.07) is 7.24. The molecule has 1 fully saturated rings. The minimum Gasteiger partial charge on any atom is -0.497 e. The van der Waals surface area contributed by atoms with Crippen molar-refractivity contribution < 1.29 is 32.5 Å². The van der Waals surface area contributed by atoms with Crippen LogP contribution in [0, 0.1) is 22.9 Å². The molecule has 0 amide bonds. The summed E-state index contributed by atoms with van der Waals surface area (Å²) in [5, 5.41) is 26.5. The van der Waals surface area contributed by atoms with E-state index in [1.165, 1.54) is 13.3 Å². The largest absolute Gasteiger partial charge is 0.497 e. The first kappa shape index (κ1) is 28.3. The van der Waals surface area contributed by atoms with Crippen molar-refractivity contribution in [2.24, 2.45) is 5.41 Å². The van der Waals surface area contributed by atoms with Gasteiger partial charge in [0.1, 0.15) is 12.4 Å². The van der Waals surface area contributed by atoms with Crippen molar-refractivity contribution in [3.63, 3.8) is 0 Å². The first-order valence-corrected chi connectivity index (χ1v) is 13.0. The third-order valence-electron chi connectivity index (χ3n) is 7.88. The molecule has 0 saturated carbocycles. The van der Waals surface area contributed by atoms with Crippen LogP contribution in [0.25, 0.3) is 10.9 Å². The summed E-state index contributed by atoms with van der Waals surface area (Å²) in [7, 11) is 1.54. The summed E-state index contributed by atoms with van der Waals surface area (Å²) in [6.07, 6.45) is 3.14. The number of fused-ring (bicyclic) bond motifs is 1. The summed E-state index contributed by atoms with van der Waals surface area (Å²) in [5.41, 5.74) is 1.29. The van der Waals surface area contributed by atoms with Gasteiger partial charge in [-0.05, 0) is 105 Å². The van der Waals surface area contributed by atoms with Gasteiger partial charge in [-0.1, -0.05) is 0 Å². The van der Waals surface area contributed by atoms with Crippen LogP contribution in [-0.4, -0.2) is 41.5 Å². The number of benzene rings is 2. The Bertz CT molecular complexity index is 1220. The quantitative estimate of drug-likeness (QED) is 0.218. The van der Waals surface area contributed by atoms with E-state index in [0.717, 1.165) is 12.1 Å². The Kier molecular flexibility index (Phi) is 9.23. The van der Waals surface area contributed by atoms with E-state index < -0.39 is 41.7 Å². The SMILES string of the molecule is COc1ccc2ncc(CF)c([C@H](O)CCC3([C@@H](O)CCCc4cc(F)c(F)c(F)c4)CCNCC3)c2c1.